The Balaban J connectivity index is 1.61. The molecule has 1 aliphatic heterocycles. The maximum Gasteiger partial charge on any atom is 0.325 e. The number of anilines is 2. The zero-order valence-corrected chi connectivity index (χ0v) is 20.7. The zero-order chi connectivity index (χ0) is 25.8. The molecule has 3 aromatic rings. The van der Waals surface area contributed by atoms with Crippen LogP contribution in [0.2, 0.25) is 0 Å². The van der Waals surface area contributed by atoms with Crippen LogP contribution in [0.15, 0.2) is 72.8 Å². The van der Waals surface area contributed by atoms with Crippen molar-refractivity contribution in [3.63, 3.8) is 0 Å². The Kier molecular flexibility index (Phi) is 7.33. The molecule has 0 bridgehead atoms. The van der Waals surface area contributed by atoms with Gasteiger partial charge in [-0.2, -0.15) is 0 Å². The third-order valence-electron chi connectivity index (χ3n) is 6.56. The van der Waals surface area contributed by atoms with E-state index in [9.17, 15) is 14.4 Å². The molecular weight excluding hydrogens is 454 g/mol. The van der Waals surface area contributed by atoms with Crippen molar-refractivity contribution in [2.45, 2.75) is 38.8 Å². The minimum Gasteiger partial charge on any atom is -0.384 e. The molecule has 1 aliphatic rings. The number of benzene rings is 2. The molecule has 3 N–H and O–H groups in total. The number of para-hydroxylation sites is 1. The number of likely N-dealkylation sites (tertiary alicyclic amines) is 1. The number of rotatable bonds is 7. The summed E-state index contributed by atoms with van der Waals surface area (Å²) in [4.78, 5) is 47.1. The van der Waals surface area contributed by atoms with Crippen molar-refractivity contribution in [3.05, 3.63) is 89.6 Å². The summed E-state index contributed by atoms with van der Waals surface area (Å²) < 4.78 is 0. The predicted octanol–water partition coefficient (Wildman–Crippen LogP) is 3.87. The van der Waals surface area contributed by atoms with Crippen LogP contribution in [-0.4, -0.2) is 40.8 Å². The van der Waals surface area contributed by atoms with Crippen LogP contribution >= 0.6 is 0 Å². The number of nitrogens with one attached hydrogen (secondary N) is 1. The third kappa shape index (κ3) is 5.07. The number of nitrogens with zero attached hydrogens (tertiary/aromatic N) is 3. The standard InChI is InChI=1S/C28H31N5O3/c1-4-23(20-11-7-5-8-12-20)31-28(36)33-25(27(35)32(3)21-13-9-6-10-14-21)22(26(33)34)16-19-15-18(2)30-24(29)17-19/h5-15,17,22-23,25H,4,16H2,1-3H3,(H2,29,30)(H,31,36)/t22-,23?,25+/m1/s1. The van der Waals surface area contributed by atoms with Crippen LogP contribution in [0, 0.1) is 12.8 Å². The van der Waals surface area contributed by atoms with E-state index in [0.717, 1.165) is 21.7 Å². The Morgan fingerprint density at radius 3 is 2.33 bits per heavy atom. The van der Waals surface area contributed by atoms with Gasteiger partial charge in [-0.1, -0.05) is 55.5 Å². The van der Waals surface area contributed by atoms with Gasteiger partial charge < -0.3 is 16.0 Å². The van der Waals surface area contributed by atoms with Crippen LogP contribution in [0.1, 0.15) is 36.2 Å². The summed E-state index contributed by atoms with van der Waals surface area (Å²) in [6, 6.07) is 20.5. The fourth-order valence-electron chi connectivity index (χ4n) is 4.70. The number of hydrogen-bond acceptors (Lipinski definition) is 5. The zero-order valence-electron chi connectivity index (χ0n) is 20.7. The third-order valence-corrected chi connectivity index (χ3v) is 6.56. The quantitative estimate of drug-likeness (QED) is 0.494. The number of nitrogens with two attached hydrogens (primary N) is 1. The molecule has 1 aromatic heterocycles. The number of nitrogen functional groups attached to an aromatic ring is 1. The summed E-state index contributed by atoms with van der Waals surface area (Å²) in [5.41, 5.74) is 9.05. The van der Waals surface area contributed by atoms with Crippen LogP contribution in [-0.2, 0) is 16.0 Å². The minimum atomic E-state index is -0.939. The van der Waals surface area contributed by atoms with Crippen LogP contribution in [0.25, 0.3) is 0 Å². The number of imide groups is 1. The highest BCUT2D eigenvalue weighted by Crippen LogP contribution is 2.33. The Morgan fingerprint density at radius 2 is 1.72 bits per heavy atom. The second-order valence-corrected chi connectivity index (χ2v) is 9.06. The van der Waals surface area contributed by atoms with Crippen molar-refractivity contribution in [2.75, 3.05) is 17.7 Å². The molecule has 1 saturated heterocycles. The molecule has 186 valence electrons. The lowest BCUT2D eigenvalue weighted by molar-refractivity contribution is -0.156. The maximum atomic E-state index is 13.7. The Hall–Kier alpha value is -4.20. The highest BCUT2D eigenvalue weighted by atomic mass is 16.2. The van der Waals surface area contributed by atoms with Crippen molar-refractivity contribution in [3.8, 4) is 0 Å². The van der Waals surface area contributed by atoms with Gasteiger partial charge in [-0.25, -0.2) is 9.78 Å². The van der Waals surface area contributed by atoms with Gasteiger partial charge in [-0.05, 0) is 55.2 Å². The molecular formula is C28H31N5O3. The maximum absolute atomic E-state index is 13.7. The highest BCUT2D eigenvalue weighted by molar-refractivity contribution is 6.12. The number of carbonyl (C=O) groups excluding carboxylic acids is 3. The first-order valence-electron chi connectivity index (χ1n) is 12.0. The molecule has 0 aliphatic carbocycles. The normalized spacial score (nSPS) is 17.8. The summed E-state index contributed by atoms with van der Waals surface area (Å²) in [7, 11) is 1.65. The molecule has 8 heteroatoms. The topological polar surface area (TPSA) is 109 Å². The van der Waals surface area contributed by atoms with Crippen molar-refractivity contribution < 1.29 is 14.4 Å². The number of urea groups is 1. The summed E-state index contributed by atoms with van der Waals surface area (Å²) >= 11 is 0. The van der Waals surface area contributed by atoms with Crippen LogP contribution < -0.4 is 16.0 Å². The minimum absolute atomic E-state index is 0.282. The van der Waals surface area contributed by atoms with Crippen molar-refractivity contribution in [1.29, 1.82) is 0 Å². The number of likely N-dealkylation sites (N-methyl/N-ethyl adjacent to an activating group) is 1. The van der Waals surface area contributed by atoms with Gasteiger partial charge in [0.05, 0.1) is 12.0 Å². The lowest BCUT2D eigenvalue weighted by Gasteiger charge is -2.46. The van der Waals surface area contributed by atoms with Gasteiger partial charge in [-0.3, -0.25) is 14.5 Å². The van der Waals surface area contributed by atoms with Gasteiger partial charge in [0.2, 0.25) is 5.91 Å². The molecule has 4 rings (SSSR count). The number of amides is 4. The Morgan fingerprint density at radius 1 is 1.08 bits per heavy atom. The van der Waals surface area contributed by atoms with Crippen LogP contribution in [0.3, 0.4) is 0 Å². The average Bonchev–Trinajstić information content (AvgIpc) is 2.88. The van der Waals surface area contributed by atoms with E-state index < -0.39 is 18.0 Å². The highest BCUT2D eigenvalue weighted by Gasteiger charge is 2.55. The van der Waals surface area contributed by atoms with Gasteiger partial charge >= 0.3 is 6.03 Å². The Bertz CT molecular complexity index is 1230. The molecule has 4 amide bonds. The van der Waals surface area contributed by atoms with E-state index >= 15 is 0 Å². The fourth-order valence-corrected chi connectivity index (χ4v) is 4.70. The van der Waals surface area contributed by atoms with E-state index in [1.165, 1.54) is 4.90 Å². The largest absolute Gasteiger partial charge is 0.384 e. The van der Waals surface area contributed by atoms with E-state index in [0.29, 0.717) is 17.9 Å². The number of β-lactam (4-membered cyclic amide) rings is 1. The molecule has 36 heavy (non-hydrogen) atoms. The van der Waals surface area contributed by atoms with Crippen molar-refractivity contribution >= 4 is 29.4 Å². The molecule has 2 aromatic carbocycles. The fraction of sp³-hybridized carbons (Fsp3) is 0.286. The monoisotopic (exact) mass is 485 g/mol. The van der Waals surface area contributed by atoms with Crippen LogP contribution in [0.5, 0.6) is 0 Å². The number of hydrogen-bond donors (Lipinski definition) is 2. The predicted molar refractivity (Wildman–Crippen MR) is 139 cm³/mol. The number of carbonyl (C=O) groups is 3. The van der Waals surface area contributed by atoms with E-state index in [1.54, 1.807) is 13.1 Å². The summed E-state index contributed by atoms with van der Waals surface area (Å²) in [6.07, 6.45) is 0.921. The number of pyridine rings is 1. The first kappa shape index (κ1) is 24.9. The van der Waals surface area contributed by atoms with Crippen molar-refractivity contribution in [1.82, 2.24) is 15.2 Å². The van der Waals surface area contributed by atoms with Gasteiger partial charge in [0.1, 0.15) is 11.9 Å². The molecule has 0 radical (unpaired) electrons. The molecule has 0 spiro atoms. The number of aryl methyl sites for hydroxylation is 1. The lowest BCUT2D eigenvalue weighted by Crippen LogP contribution is -2.70. The van der Waals surface area contributed by atoms with E-state index in [4.69, 9.17) is 5.73 Å². The van der Waals surface area contributed by atoms with E-state index in [1.807, 2.05) is 80.6 Å². The van der Waals surface area contributed by atoms with E-state index in [2.05, 4.69) is 10.3 Å². The second-order valence-electron chi connectivity index (χ2n) is 9.06. The smallest absolute Gasteiger partial charge is 0.325 e. The van der Waals surface area contributed by atoms with Crippen LogP contribution in [0.4, 0.5) is 16.3 Å². The summed E-state index contributed by atoms with van der Waals surface area (Å²) in [6.45, 7) is 3.78. The SMILES string of the molecule is CCC(NC(=O)N1C(=O)[C@H](Cc2cc(C)nc(N)c2)[C@H]1C(=O)N(C)c1ccccc1)c1ccccc1. The lowest BCUT2D eigenvalue weighted by atomic mass is 9.81. The molecule has 1 unspecified atom stereocenters. The van der Waals surface area contributed by atoms with Gasteiger partial charge in [0.25, 0.3) is 5.91 Å². The first-order chi connectivity index (χ1) is 17.3. The van der Waals surface area contributed by atoms with Gasteiger partial charge in [-0.15, -0.1) is 0 Å². The first-order valence-corrected chi connectivity index (χ1v) is 12.0. The summed E-state index contributed by atoms with van der Waals surface area (Å²) in [5, 5.41) is 2.95. The Labute approximate surface area is 211 Å². The molecule has 8 nitrogen and oxygen atoms in total. The van der Waals surface area contributed by atoms with Gasteiger partial charge in [0.15, 0.2) is 0 Å². The molecule has 0 saturated carbocycles. The average molecular weight is 486 g/mol. The molecule has 3 atom stereocenters. The number of aromatic nitrogens is 1. The molecule has 2 heterocycles. The van der Waals surface area contributed by atoms with Gasteiger partial charge in [0, 0.05) is 18.4 Å². The second kappa shape index (κ2) is 10.6. The van der Waals surface area contributed by atoms with E-state index in [-0.39, 0.29) is 24.3 Å². The van der Waals surface area contributed by atoms with Crippen molar-refractivity contribution in [2.24, 2.45) is 5.92 Å². The summed E-state index contributed by atoms with van der Waals surface area (Å²) in [5.74, 6) is -1.05. The molecule has 1 fully saturated rings.